The van der Waals surface area contributed by atoms with Crippen LogP contribution in [0, 0.1) is 5.82 Å². The first-order valence-electron chi connectivity index (χ1n) is 5.09. The Labute approximate surface area is 102 Å². The van der Waals surface area contributed by atoms with Gasteiger partial charge in [0.15, 0.2) is 0 Å². The predicted molar refractivity (Wildman–Crippen MR) is 63.6 cm³/mol. The minimum atomic E-state index is -0.388. The van der Waals surface area contributed by atoms with Crippen LogP contribution >= 0.6 is 11.5 Å². The molecule has 0 saturated carbocycles. The summed E-state index contributed by atoms with van der Waals surface area (Å²) in [5.41, 5.74) is 1.08. The molecule has 17 heavy (non-hydrogen) atoms. The predicted octanol–water partition coefficient (Wildman–Crippen LogP) is 2.49. The maximum Gasteiger partial charge on any atom is 0.269 e. The van der Waals surface area contributed by atoms with Gasteiger partial charge in [-0.25, -0.2) is 4.39 Å². The number of aromatic nitrogens is 2. The molecule has 0 bridgehead atoms. The molecule has 0 aliphatic heterocycles. The molecule has 1 N–H and O–H groups in total. The number of halogens is 1. The van der Waals surface area contributed by atoms with Crippen LogP contribution in [0.1, 0.15) is 22.3 Å². The van der Waals surface area contributed by atoms with Crippen molar-refractivity contribution in [3.8, 4) is 0 Å². The van der Waals surface area contributed by atoms with E-state index in [2.05, 4.69) is 14.9 Å². The average Bonchev–Trinajstić information content (AvgIpc) is 2.77. The molecule has 1 amide bonds. The van der Waals surface area contributed by atoms with Crippen molar-refractivity contribution >= 4 is 23.1 Å². The molecule has 0 unspecified atom stereocenters. The molecule has 0 spiro atoms. The first-order valence-corrected chi connectivity index (χ1v) is 5.86. The molecule has 1 aromatic heterocycles. The van der Waals surface area contributed by atoms with Gasteiger partial charge < -0.3 is 5.32 Å². The molecule has 6 heteroatoms. The maximum absolute atomic E-state index is 12.9. The van der Waals surface area contributed by atoms with Crippen LogP contribution in [0.15, 0.2) is 24.3 Å². The average molecular weight is 251 g/mol. The van der Waals surface area contributed by atoms with Crippen molar-refractivity contribution in [2.45, 2.75) is 13.3 Å². The van der Waals surface area contributed by atoms with Gasteiger partial charge in [0, 0.05) is 5.69 Å². The Morgan fingerprint density at radius 3 is 3.06 bits per heavy atom. The second-order valence-electron chi connectivity index (χ2n) is 3.37. The van der Waals surface area contributed by atoms with E-state index in [1.165, 1.54) is 18.2 Å². The third-order valence-corrected chi connectivity index (χ3v) is 2.95. The molecule has 2 rings (SSSR count). The van der Waals surface area contributed by atoms with Crippen molar-refractivity contribution in [3.05, 3.63) is 40.7 Å². The van der Waals surface area contributed by atoms with E-state index in [1.807, 2.05) is 6.92 Å². The minimum absolute atomic E-state index is 0.303. The number of nitrogens with one attached hydrogen (secondary N) is 1. The molecule has 0 saturated heterocycles. The van der Waals surface area contributed by atoms with Crippen molar-refractivity contribution in [3.63, 3.8) is 0 Å². The summed E-state index contributed by atoms with van der Waals surface area (Å²) in [5.74, 6) is -0.691. The monoisotopic (exact) mass is 251 g/mol. The third kappa shape index (κ3) is 2.65. The van der Waals surface area contributed by atoms with E-state index in [1.54, 1.807) is 6.07 Å². The second kappa shape index (κ2) is 5.01. The van der Waals surface area contributed by atoms with Gasteiger partial charge in [0.25, 0.3) is 5.91 Å². The number of carbonyl (C=O) groups excluding carboxylic acids is 1. The van der Waals surface area contributed by atoms with Crippen LogP contribution in [-0.4, -0.2) is 15.5 Å². The van der Waals surface area contributed by atoms with Crippen LogP contribution in [-0.2, 0) is 6.42 Å². The molecular formula is C11H10FN3OS. The lowest BCUT2D eigenvalue weighted by molar-refractivity contribution is 0.102. The molecule has 0 radical (unpaired) electrons. The molecule has 88 valence electrons. The zero-order valence-corrected chi connectivity index (χ0v) is 9.92. The largest absolute Gasteiger partial charge is 0.321 e. The number of hydrogen-bond donors (Lipinski definition) is 1. The fourth-order valence-electron chi connectivity index (χ4n) is 1.37. The van der Waals surface area contributed by atoms with Crippen LogP contribution in [0.5, 0.6) is 0 Å². The summed E-state index contributed by atoms with van der Waals surface area (Å²) in [6, 6.07) is 5.75. The Morgan fingerprint density at radius 2 is 2.35 bits per heavy atom. The Kier molecular flexibility index (Phi) is 3.43. The van der Waals surface area contributed by atoms with Crippen molar-refractivity contribution in [2.75, 3.05) is 5.32 Å². The standard InChI is InChI=1S/C11H10FN3OS/c1-2-9-10(17-15-14-9)11(16)13-8-5-3-4-7(12)6-8/h3-6H,2H2,1H3,(H,13,16). The Hall–Kier alpha value is -1.82. The number of nitrogens with zero attached hydrogens (tertiary/aromatic N) is 2. The summed E-state index contributed by atoms with van der Waals surface area (Å²) in [4.78, 5) is 12.3. The van der Waals surface area contributed by atoms with Gasteiger partial charge in [-0.15, -0.1) is 5.10 Å². The number of anilines is 1. The van der Waals surface area contributed by atoms with Gasteiger partial charge in [-0.05, 0) is 36.2 Å². The number of benzene rings is 1. The van der Waals surface area contributed by atoms with Crippen LogP contribution < -0.4 is 5.32 Å². The smallest absolute Gasteiger partial charge is 0.269 e. The van der Waals surface area contributed by atoms with E-state index in [4.69, 9.17) is 0 Å². The van der Waals surface area contributed by atoms with Gasteiger partial charge in [0.05, 0.1) is 5.69 Å². The first kappa shape index (κ1) is 11.7. The molecule has 0 fully saturated rings. The molecule has 4 nitrogen and oxygen atoms in total. The Bertz CT molecular complexity index is 541. The Morgan fingerprint density at radius 1 is 1.53 bits per heavy atom. The summed E-state index contributed by atoms with van der Waals surface area (Å²) in [6.45, 7) is 1.90. The summed E-state index contributed by atoms with van der Waals surface area (Å²) in [6.07, 6.45) is 0.641. The minimum Gasteiger partial charge on any atom is -0.321 e. The SMILES string of the molecule is CCc1nnsc1C(=O)Nc1cccc(F)c1. The van der Waals surface area contributed by atoms with Gasteiger partial charge in [0.1, 0.15) is 10.7 Å². The summed E-state index contributed by atoms with van der Waals surface area (Å²) in [7, 11) is 0. The lowest BCUT2D eigenvalue weighted by Crippen LogP contribution is -2.12. The summed E-state index contributed by atoms with van der Waals surface area (Å²) >= 11 is 1.04. The molecule has 1 aromatic carbocycles. The number of carbonyl (C=O) groups is 1. The van der Waals surface area contributed by atoms with E-state index in [9.17, 15) is 9.18 Å². The quantitative estimate of drug-likeness (QED) is 0.911. The van der Waals surface area contributed by atoms with Crippen LogP contribution in [0.25, 0.3) is 0 Å². The summed E-state index contributed by atoms with van der Waals surface area (Å²) < 4.78 is 16.7. The number of hydrogen-bond acceptors (Lipinski definition) is 4. The van der Waals surface area contributed by atoms with Gasteiger partial charge >= 0.3 is 0 Å². The van der Waals surface area contributed by atoms with Gasteiger partial charge in [0.2, 0.25) is 0 Å². The van der Waals surface area contributed by atoms with E-state index in [0.29, 0.717) is 22.7 Å². The number of amides is 1. The van der Waals surface area contributed by atoms with Crippen molar-refractivity contribution in [2.24, 2.45) is 0 Å². The fraction of sp³-hybridized carbons (Fsp3) is 0.182. The zero-order chi connectivity index (χ0) is 12.3. The van der Waals surface area contributed by atoms with Crippen LogP contribution in [0.2, 0.25) is 0 Å². The maximum atomic E-state index is 12.9. The molecule has 0 atom stereocenters. The highest BCUT2D eigenvalue weighted by Crippen LogP contribution is 2.15. The second-order valence-corrected chi connectivity index (χ2v) is 4.12. The molecule has 0 aliphatic rings. The molecule has 1 heterocycles. The first-order chi connectivity index (χ1) is 8.20. The summed E-state index contributed by atoms with van der Waals surface area (Å²) in [5, 5.41) is 6.46. The highest BCUT2D eigenvalue weighted by molar-refractivity contribution is 7.08. The lowest BCUT2D eigenvalue weighted by Gasteiger charge is -2.03. The van der Waals surface area contributed by atoms with E-state index in [0.717, 1.165) is 11.5 Å². The fourth-order valence-corrected chi connectivity index (χ4v) is 2.01. The number of aryl methyl sites for hydroxylation is 1. The topological polar surface area (TPSA) is 54.9 Å². The van der Waals surface area contributed by atoms with Crippen LogP contribution in [0.3, 0.4) is 0 Å². The lowest BCUT2D eigenvalue weighted by atomic mass is 10.2. The number of rotatable bonds is 3. The third-order valence-electron chi connectivity index (χ3n) is 2.18. The zero-order valence-electron chi connectivity index (χ0n) is 9.11. The van der Waals surface area contributed by atoms with E-state index >= 15 is 0 Å². The van der Waals surface area contributed by atoms with Crippen LogP contribution in [0.4, 0.5) is 10.1 Å². The van der Waals surface area contributed by atoms with E-state index in [-0.39, 0.29) is 11.7 Å². The molecule has 2 aromatic rings. The van der Waals surface area contributed by atoms with E-state index < -0.39 is 0 Å². The van der Waals surface area contributed by atoms with Crippen molar-refractivity contribution in [1.29, 1.82) is 0 Å². The van der Waals surface area contributed by atoms with Gasteiger partial charge in [-0.2, -0.15) is 0 Å². The Balaban J connectivity index is 2.17. The van der Waals surface area contributed by atoms with Crippen molar-refractivity contribution in [1.82, 2.24) is 9.59 Å². The highest BCUT2D eigenvalue weighted by atomic mass is 32.1. The van der Waals surface area contributed by atoms with Crippen molar-refractivity contribution < 1.29 is 9.18 Å². The molecular weight excluding hydrogens is 241 g/mol. The van der Waals surface area contributed by atoms with Gasteiger partial charge in [-0.3, -0.25) is 4.79 Å². The highest BCUT2D eigenvalue weighted by Gasteiger charge is 2.14. The molecule has 0 aliphatic carbocycles. The normalized spacial score (nSPS) is 10.2. The van der Waals surface area contributed by atoms with Gasteiger partial charge in [-0.1, -0.05) is 17.5 Å².